The van der Waals surface area contributed by atoms with Gasteiger partial charge in [-0.05, 0) is 32.6 Å². The van der Waals surface area contributed by atoms with E-state index in [2.05, 4.69) is 6.92 Å². The molecule has 2 nitrogen and oxygen atoms in total. The van der Waals surface area contributed by atoms with Gasteiger partial charge in [0.05, 0.1) is 5.60 Å². The smallest absolute Gasteiger partial charge is 0.120 e. The molecule has 2 heteroatoms. The Morgan fingerprint density at radius 3 is 2.46 bits per heavy atom. The van der Waals surface area contributed by atoms with Crippen LogP contribution in [0.2, 0.25) is 0 Å². The Morgan fingerprint density at radius 2 is 2.08 bits per heavy atom. The van der Waals surface area contributed by atoms with Gasteiger partial charge in [-0.15, -0.1) is 0 Å². The summed E-state index contributed by atoms with van der Waals surface area (Å²) >= 11 is 0. The van der Waals surface area contributed by atoms with E-state index in [0.717, 1.165) is 32.0 Å². The summed E-state index contributed by atoms with van der Waals surface area (Å²) in [6.45, 7) is 5.76. The fraction of sp³-hybridized carbons (Fsp3) is 0.909. The molecule has 1 atom stereocenters. The highest BCUT2D eigenvalue weighted by Gasteiger charge is 2.13. The molecule has 1 N–H and O–H groups in total. The van der Waals surface area contributed by atoms with Gasteiger partial charge in [-0.25, -0.2) is 0 Å². The molecule has 0 amide bonds. The zero-order valence-electron chi connectivity index (χ0n) is 9.05. The molecule has 0 saturated carbocycles. The van der Waals surface area contributed by atoms with Crippen LogP contribution in [0.15, 0.2) is 0 Å². The maximum absolute atomic E-state index is 10.3. The Morgan fingerprint density at radius 1 is 1.46 bits per heavy atom. The molecule has 13 heavy (non-hydrogen) atoms. The SMILES string of the molecule is CCC(CC=O)CCCC(C)(C)O. The third-order valence-corrected chi connectivity index (χ3v) is 2.41. The molecule has 0 aromatic carbocycles. The fourth-order valence-corrected chi connectivity index (χ4v) is 1.45. The van der Waals surface area contributed by atoms with Crippen molar-refractivity contribution in [2.24, 2.45) is 5.92 Å². The zero-order valence-corrected chi connectivity index (χ0v) is 9.05. The van der Waals surface area contributed by atoms with Gasteiger partial charge in [-0.1, -0.05) is 19.8 Å². The molecule has 0 aliphatic heterocycles. The number of aliphatic hydroxyl groups is 1. The van der Waals surface area contributed by atoms with Crippen molar-refractivity contribution >= 4 is 6.29 Å². The largest absolute Gasteiger partial charge is 0.390 e. The van der Waals surface area contributed by atoms with Gasteiger partial charge in [0.25, 0.3) is 0 Å². The van der Waals surface area contributed by atoms with Crippen LogP contribution >= 0.6 is 0 Å². The molecule has 78 valence electrons. The number of carbonyl (C=O) groups excluding carboxylic acids is 1. The molecule has 0 spiro atoms. The van der Waals surface area contributed by atoms with Crippen molar-refractivity contribution in [3.8, 4) is 0 Å². The second-order valence-electron chi connectivity index (χ2n) is 4.38. The highest BCUT2D eigenvalue weighted by atomic mass is 16.3. The Bertz CT molecular complexity index is 136. The summed E-state index contributed by atoms with van der Waals surface area (Å²) in [5.74, 6) is 0.514. The molecule has 0 heterocycles. The monoisotopic (exact) mass is 186 g/mol. The van der Waals surface area contributed by atoms with E-state index < -0.39 is 5.60 Å². The van der Waals surface area contributed by atoms with Gasteiger partial charge in [0.1, 0.15) is 6.29 Å². The predicted molar refractivity (Wildman–Crippen MR) is 54.6 cm³/mol. The predicted octanol–water partition coefficient (Wildman–Crippen LogP) is 2.54. The minimum absolute atomic E-state index is 0.514. The summed E-state index contributed by atoms with van der Waals surface area (Å²) in [6, 6.07) is 0. The van der Waals surface area contributed by atoms with Gasteiger partial charge in [-0.3, -0.25) is 0 Å². The summed E-state index contributed by atoms with van der Waals surface area (Å²) in [7, 11) is 0. The van der Waals surface area contributed by atoms with E-state index in [1.165, 1.54) is 0 Å². The molecule has 0 aliphatic carbocycles. The van der Waals surface area contributed by atoms with Crippen LogP contribution in [0.25, 0.3) is 0 Å². The molecule has 0 saturated heterocycles. The molecule has 0 rings (SSSR count). The second-order valence-corrected chi connectivity index (χ2v) is 4.38. The topological polar surface area (TPSA) is 37.3 Å². The first-order chi connectivity index (χ1) is 5.99. The average Bonchev–Trinajstić information content (AvgIpc) is 2.01. The molecule has 0 aromatic rings. The summed E-state index contributed by atoms with van der Waals surface area (Å²) < 4.78 is 0. The van der Waals surface area contributed by atoms with Crippen molar-refractivity contribution < 1.29 is 9.90 Å². The lowest BCUT2D eigenvalue weighted by atomic mass is 9.93. The number of carbonyl (C=O) groups is 1. The number of aldehydes is 1. The third kappa shape index (κ3) is 7.97. The number of hydrogen-bond donors (Lipinski definition) is 1. The van der Waals surface area contributed by atoms with Crippen molar-refractivity contribution in [1.82, 2.24) is 0 Å². The maximum atomic E-state index is 10.3. The number of rotatable bonds is 7. The van der Waals surface area contributed by atoms with Crippen LogP contribution in [-0.2, 0) is 4.79 Å². The van der Waals surface area contributed by atoms with Gasteiger partial charge in [0.2, 0.25) is 0 Å². The highest BCUT2D eigenvalue weighted by molar-refractivity contribution is 5.49. The van der Waals surface area contributed by atoms with Crippen LogP contribution in [0.5, 0.6) is 0 Å². The molecule has 0 fully saturated rings. The van der Waals surface area contributed by atoms with Crippen molar-refractivity contribution in [1.29, 1.82) is 0 Å². The quantitative estimate of drug-likeness (QED) is 0.620. The minimum Gasteiger partial charge on any atom is -0.390 e. The molecule has 0 radical (unpaired) electrons. The minimum atomic E-state index is -0.556. The first-order valence-electron chi connectivity index (χ1n) is 5.15. The lowest BCUT2D eigenvalue weighted by molar-refractivity contribution is -0.108. The lowest BCUT2D eigenvalue weighted by Crippen LogP contribution is -2.18. The van der Waals surface area contributed by atoms with E-state index in [4.69, 9.17) is 0 Å². The molecule has 0 aliphatic rings. The van der Waals surface area contributed by atoms with Crippen LogP contribution in [0.3, 0.4) is 0 Å². The van der Waals surface area contributed by atoms with Gasteiger partial charge < -0.3 is 9.90 Å². The van der Waals surface area contributed by atoms with Crippen LogP contribution in [0.1, 0.15) is 52.9 Å². The van der Waals surface area contributed by atoms with Gasteiger partial charge in [0.15, 0.2) is 0 Å². The Labute approximate surface area is 81.3 Å². The van der Waals surface area contributed by atoms with Crippen molar-refractivity contribution in [2.45, 2.75) is 58.5 Å². The second kappa shape index (κ2) is 6.14. The third-order valence-electron chi connectivity index (χ3n) is 2.41. The zero-order chi connectivity index (χ0) is 10.3. The van der Waals surface area contributed by atoms with Crippen LogP contribution < -0.4 is 0 Å². The molecular formula is C11H22O2. The Hall–Kier alpha value is -0.370. The van der Waals surface area contributed by atoms with Crippen LogP contribution in [0, 0.1) is 5.92 Å². The van der Waals surface area contributed by atoms with Gasteiger partial charge >= 0.3 is 0 Å². The normalized spacial score (nSPS) is 14.2. The average molecular weight is 186 g/mol. The summed E-state index contributed by atoms with van der Waals surface area (Å²) in [4.78, 5) is 10.3. The van der Waals surface area contributed by atoms with E-state index in [9.17, 15) is 9.90 Å². The first-order valence-corrected chi connectivity index (χ1v) is 5.15. The Kier molecular flexibility index (Phi) is 5.97. The standard InChI is InChI=1S/C11H22O2/c1-4-10(7-9-12)6-5-8-11(2,3)13/h9-10,13H,4-8H2,1-3H3. The van der Waals surface area contributed by atoms with Gasteiger partial charge in [0, 0.05) is 6.42 Å². The van der Waals surface area contributed by atoms with Crippen molar-refractivity contribution in [2.75, 3.05) is 0 Å². The van der Waals surface area contributed by atoms with Crippen molar-refractivity contribution in [3.05, 3.63) is 0 Å². The molecular weight excluding hydrogens is 164 g/mol. The van der Waals surface area contributed by atoms with Gasteiger partial charge in [-0.2, -0.15) is 0 Å². The van der Waals surface area contributed by atoms with E-state index >= 15 is 0 Å². The summed E-state index contributed by atoms with van der Waals surface area (Å²) in [5, 5.41) is 9.46. The molecule has 1 unspecified atom stereocenters. The lowest BCUT2D eigenvalue weighted by Gasteiger charge is -2.18. The summed E-state index contributed by atoms with van der Waals surface area (Å²) in [6.07, 6.45) is 5.61. The Balaban J connectivity index is 3.54. The molecule has 0 bridgehead atoms. The van der Waals surface area contributed by atoms with E-state index in [1.807, 2.05) is 13.8 Å². The highest BCUT2D eigenvalue weighted by Crippen LogP contribution is 2.19. The van der Waals surface area contributed by atoms with Crippen LogP contribution in [0.4, 0.5) is 0 Å². The maximum Gasteiger partial charge on any atom is 0.120 e. The van der Waals surface area contributed by atoms with Crippen LogP contribution in [-0.4, -0.2) is 17.0 Å². The molecule has 0 aromatic heterocycles. The summed E-state index contributed by atoms with van der Waals surface area (Å²) in [5.41, 5.74) is -0.556. The first kappa shape index (κ1) is 12.6. The number of hydrogen-bond acceptors (Lipinski definition) is 2. The van der Waals surface area contributed by atoms with E-state index in [-0.39, 0.29) is 0 Å². The fourth-order valence-electron chi connectivity index (χ4n) is 1.45. The van der Waals surface area contributed by atoms with E-state index in [1.54, 1.807) is 0 Å². The van der Waals surface area contributed by atoms with Crippen molar-refractivity contribution in [3.63, 3.8) is 0 Å². The van der Waals surface area contributed by atoms with E-state index in [0.29, 0.717) is 12.3 Å².